The first-order chi connectivity index (χ1) is 9.13. The van der Waals surface area contributed by atoms with Gasteiger partial charge in [-0.25, -0.2) is 4.99 Å². The van der Waals surface area contributed by atoms with Gasteiger partial charge in [0.1, 0.15) is 0 Å². The van der Waals surface area contributed by atoms with E-state index >= 15 is 0 Å². The summed E-state index contributed by atoms with van der Waals surface area (Å²) in [4.78, 5) is 13.6. The van der Waals surface area contributed by atoms with Gasteiger partial charge in [0.25, 0.3) is 0 Å². The first kappa shape index (κ1) is 15.3. The van der Waals surface area contributed by atoms with Crippen molar-refractivity contribution in [3.63, 3.8) is 0 Å². The van der Waals surface area contributed by atoms with Crippen molar-refractivity contribution in [2.24, 2.45) is 22.0 Å². The lowest BCUT2D eigenvalue weighted by Crippen LogP contribution is -2.09. The molecule has 0 aliphatic rings. The Hall–Kier alpha value is -1.71. The molecular formula is C15H23N3O. The molecule has 0 fully saturated rings. The largest absolute Gasteiger partial charge is 0.342 e. The third kappa shape index (κ3) is 6.13. The predicted molar refractivity (Wildman–Crippen MR) is 79.2 cm³/mol. The van der Waals surface area contributed by atoms with Gasteiger partial charge in [-0.05, 0) is 29.9 Å². The van der Waals surface area contributed by atoms with Gasteiger partial charge >= 0.3 is 0 Å². The Morgan fingerprint density at radius 3 is 2.79 bits per heavy atom. The monoisotopic (exact) mass is 261 g/mol. The maximum Gasteiger partial charge on any atom is 0.220 e. The van der Waals surface area contributed by atoms with E-state index in [1.807, 2.05) is 12.1 Å². The molecule has 0 saturated heterocycles. The number of rotatable bonds is 7. The summed E-state index contributed by atoms with van der Waals surface area (Å²) in [6.45, 7) is 10.6. The van der Waals surface area contributed by atoms with Gasteiger partial charge in [-0.3, -0.25) is 4.98 Å². The third-order valence-corrected chi connectivity index (χ3v) is 3.28. The van der Waals surface area contributed by atoms with Crippen LogP contribution in [0.1, 0.15) is 39.2 Å². The van der Waals surface area contributed by atoms with E-state index in [4.69, 9.17) is 4.84 Å². The van der Waals surface area contributed by atoms with Gasteiger partial charge in [0, 0.05) is 25.5 Å². The summed E-state index contributed by atoms with van der Waals surface area (Å²) in [5.74, 6) is 1.94. The number of aliphatic imine (C=N–C) groups is 1. The van der Waals surface area contributed by atoms with Gasteiger partial charge in [-0.2, -0.15) is 0 Å². The van der Waals surface area contributed by atoms with Crippen LogP contribution in [0.4, 0.5) is 0 Å². The molecule has 0 amide bonds. The van der Waals surface area contributed by atoms with Crippen molar-refractivity contribution in [1.82, 2.24) is 4.98 Å². The van der Waals surface area contributed by atoms with Gasteiger partial charge in [0.05, 0.1) is 6.54 Å². The van der Waals surface area contributed by atoms with Crippen LogP contribution in [0.2, 0.25) is 0 Å². The maximum atomic E-state index is 5.14. The SMILES string of the molecule is C=NOC(CCC(C)C(C)C)=NCc1cccnc1. The fraction of sp³-hybridized carbons (Fsp3) is 0.533. The normalized spacial score (nSPS) is 13.4. The van der Waals surface area contributed by atoms with Gasteiger partial charge < -0.3 is 4.84 Å². The van der Waals surface area contributed by atoms with E-state index in [-0.39, 0.29) is 0 Å². The fourth-order valence-electron chi connectivity index (χ4n) is 1.58. The highest BCUT2D eigenvalue weighted by atomic mass is 16.6. The zero-order chi connectivity index (χ0) is 14.1. The Bertz CT molecular complexity index is 401. The summed E-state index contributed by atoms with van der Waals surface area (Å²) >= 11 is 0. The topological polar surface area (TPSA) is 46.8 Å². The fourth-order valence-corrected chi connectivity index (χ4v) is 1.58. The second-order valence-corrected chi connectivity index (χ2v) is 5.05. The molecular weight excluding hydrogens is 238 g/mol. The number of hydrogen-bond donors (Lipinski definition) is 0. The predicted octanol–water partition coefficient (Wildman–Crippen LogP) is 3.68. The standard InChI is InChI=1S/C15H23N3O/c1-12(2)13(3)7-8-15(19-16-4)18-11-14-6-5-9-17-10-14/h5-6,9-10,12-13H,4,7-8,11H2,1-3H3. The molecule has 4 heteroatoms. The molecule has 1 heterocycles. The number of oxime groups is 1. The van der Waals surface area contributed by atoms with Crippen LogP contribution in [0.15, 0.2) is 34.7 Å². The molecule has 0 bridgehead atoms. The lowest BCUT2D eigenvalue weighted by atomic mass is 9.93. The Kier molecular flexibility index (Phi) is 6.79. The van der Waals surface area contributed by atoms with Crippen LogP contribution in [0.3, 0.4) is 0 Å². The highest BCUT2D eigenvalue weighted by Crippen LogP contribution is 2.16. The minimum Gasteiger partial charge on any atom is -0.342 e. The zero-order valence-electron chi connectivity index (χ0n) is 12.0. The van der Waals surface area contributed by atoms with Crippen molar-refractivity contribution < 1.29 is 4.84 Å². The first-order valence-corrected chi connectivity index (χ1v) is 6.68. The highest BCUT2D eigenvalue weighted by Gasteiger charge is 2.10. The van der Waals surface area contributed by atoms with Crippen molar-refractivity contribution in [3.8, 4) is 0 Å². The lowest BCUT2D eigenvalue weighted by Gasteiger charge is -2.14. The second-order valence-electron chi connectivity index (χ2n) is 5.05. The van der Waals surface area contributed by atoms with Crippen LogP contribution >= 0.6 is 0 Å². The molecule has 1 atom stereocenters. The molecule has 0 saturated carbocycles. The molecule has 1 unspecified atom stereocenters. The van der Waals surface area contributed by atoms with Gasteiger partial charge in [0.15, 0.2) is 0 Å². The van der Waals surface area contributed by atoms with Crippen LogP contribution in [0.25, 0.3) is 0 Å². The Morgan fingerprint density at radius 1 is 1.42 bits per heavy atom. The van der Waals surface area contributed by atoms with Gasteiger partial charge in [-0.1, -0.05) is 32.0 Å². The van der Waals surface area contributed by atoms with Crippen molar-refractivity contribution in [3.05, 3.63) is 30.1 Å². The number of hydrogen-bond acceptors (Lipinski definition) is 4. The van der Waals surface area contributed by atoms with E-state index in [0.29, 0.717) is 24.3 Å². The van der Waals surface area contributed by atoms with E-state index in [1.54, 1.807) is 12.4 Å². The molecule has 0 aliphatic carbocycles. The molecule has 1 aromatic heterocycles. The quantitative estimate of drug-likeness (QED) is 0.427. The molecule has 1 aromatic rings. The molecule has 0 N–H and O–H groups in total. The van der Waals surface area contributed by atoms with Gasteiger partial charge in [0.2, 0.25) is 5.90 Å². The molecule has 4 nitrogen and oxygen atoms in total. The average molecular weight is 261 g/mol. The van der Waals surface area contributed by atoms with Crippen molar-refractivity contribution in [2.45, 2.75) is 40.2 Å². The van der Waals surface area contributed by atoms with Crippen LogP contribution in [0.5, 0.6) is 0 Å². The first-order valence-electron chi connectivity index (χ1n) is 6.68. The number of nitrogens with zero attached hydrogens (tertiary/aromatic N) is 3. The number of pyridine rings is 1. The van der Waals surface area contributed by atoms with Crippen molar-refractivity contribution in [1.29, 1.82) is 0 Å². The van der Waals surface area contributed by atoms with E-state index < -0.39 is 0 Å². The van der Waals surface area contributed by atoms with E-state index in [2.05, 4.69) is 42.6 Å². The summed E-state index contributed by atoms with van der Waals surface area (Å²) in [5, 5.41) is 3.47. The molecule has 0 radical (unpaired) electrons. The molecule has 0 spiro atoms. The Labute approximate surface area is 115 Å². The zero-order valence-corrected chi connectivity index (χ0v) is 12.0. The molecule has 19 heavy (non-hydrogen) atoms. The second kappa shape index (κ2) is 8.40. The molecule has 104 valence electrons. The van der Waals surface area contributed by atoms with Gasteiger partial charge in [-0.15, -0.1) is 0 Å². The van der Waals surface area contributed by atoms with Crippen molar-refractivity contribution >= 4 is 12.6 Å². The minimum atomic E-state index is 0.564. The summed E-state index contributed by atoms with van der Waals surface area (Å²) in [5.41, 5.74) is 1.06. The van der Waals surface area contributed by atoms with Crippen molar-refractivity contribution in [2.75, 3.05) is 0 Å². The molecule has 0 aromatic carbocycles. The van der Waals surface area contributed by atoms with Crippen LogP contribution in [0, 0.1) is 11.8 Å². The van der Waals surface area contributed by atoms with Crippen LogP contribution in [-0.4, -0.2) is 17.6 Å². The third-order valence-electron chi connectivity index (χ3n) is 3.28. The number of aromatic nitrogens is 1. The summed E-state index contributed by atoms with van der Waals surface area (Å²) in [6, 6.07) is 3.89. The highest BCUT2D eigenvalue weighted by molar-refractivity contribution is 5.76. The minimum absolute atomic E-state index is 0.564. The van der Waals surface area contributed by atoms with E-state index in [0.717, 1.165) is 18.4 Å². The Morgan fingerprint density at radius 2 is 2.21 bits per heavy atom. The average Bonchev–Trinajstić information content (AvgIpc) is 2.42. The summed E-state index contributed by atoms with van der Waals surface area (Å²) in [6.07, 6.45) is 5.39. The lowest BCUT2D eigenvalue weighted by molar-refractivity contribution is 0.308. The van der Waals surface area contributed by atoms with Crippen LogP contribution in [-0.2, 0) is 11.4 Å². The molecule has 0 aliphatic heterocycles. The van der Waals surface area contributed by atoms with Crippen LogP contribution < -0.4 is 0 Å². The summed E-state index contributed by atoms with van der Waals surface area (Å²) < 4.78 is 0. The van der Waals surface area contributed by atoms with E-state index in [9.17, 15) is 0 Å². The Balaban J connectivity index is 2.54. The van der Waals surface area contributed by atoms with E-state index in [1.165, 1.54) is 0 Å². The smallest absolute Gasteiger partial charge is 0.220 e. The molecule has 1 rings (SSSR count). The summed E-state index contributed by atoms with van der Waals surface area (Å²) in [7, 11) is 0. The maximum absolute atomic E-state index is 5.14.